The molecule has 0 saturated heterocycles. The zero-order valence-electron chi connectivity index (χ0n) is 29.6. The molecule has 0 atom stereocenters. The molecule has 0 radical (unpaired) electrons. The summed E-state index contributed by atoms with van der Waals surface area (Å²) in [7, 11) is 0. The Morgan fingerprint density at radius 2 is 0.815 bits per heavy atom. The van der Waals surface area contributed by atoms with E-state index in [1.165, 1.54) is 81.1 Å². The number of rotatable bonds is 7. The lowest BCUT2D eigenvalue weighted by Gasteiger charge is -2.26. The van der Waals surface area contributed by atoms with Crippen molar-refractivity contribution in [3.63, 3.8) is 0 Å². The highest BCUT2D eigenvalue weighted by Crippen LogP contribution is 2.45. The number of fused-ring (bicyclic) bond motifs is 4. The van der Waals surface area contributed by atoms with E-state index in [4.69, 9.17) is 0 Å². The monoisotopic (exact) mass is 705 g/mol. The molecule has 0 aliphatic heterocycles. The van der Waals surface area contributed by atoms with Crippen LogP contribution < -0.4 is 4.90 Å². The molecule has 2 heteroatoms. The molecule has 1 aromatic heterocycles. The molecule has 1 heterocycles. The number of thiophene rings is 1. The molecule has 0 N–H and O–H groups in total. The van der Waals surface area contributed by atoms with Gasteiger partial charge in [-0.2, -0.15) is 0 Å². The van der Waals surface area contributed by atoms with E-state index >= 15 is 0 Å². The standard InChI is InChI=1S/C52H35NS/c1-3-12-36(13-4-1)37-26-30-44(31-27-37)53(50-20-11-19-49-48-18-9-10-21-51(48)54-52(49)50)45-32-28-38(29-33-45)41-24-22-39-23-25-42(35-43(39)34-41)47-17-8-7-16-46(47)40-14-5-2-6-15-40/h1-35H. The van der Waals surface area contributed by atoms with E-state index in [0.717, 1.165) is 11.4 Å². The van der Waals surface area contributed by atoms with Gasteiger partial charge in [0.05, 0.1) is 10.4 Å². The second kappa shape index (κ2) is 13.7. The normalized spacial score (nSPS) is 11.3. The van der Waals surface area contributed by atoms with Crippen molar-refractivity contribution < 1.29 is 0 Å². The molecular formula is C52H35NS. The number of hydrogen-bond acceptors (Lipinski definition) is 2. The van der Waals surface area contributed by atoms with Crippen molar-refractivity contribution in [3.8, 4) is 44.5 Å². The summed E-state index contributed by atoms with van der Waals surface area (Å²) in [6.45, 7) is 0. The molecule has 1 nitrogen and oxygen atoms in total. The Kier molecular flexibility index (Phi) is 8.09. The number of benzene rings is 9. The van der Waals surface area contributed by atoms with Gasteiger partial charge in [0.15, 0.2) is 0 Å². The Labute approximate surface area is 319 Å². The highest BCUT2D eigenvalue weighted by Gasteiger charge is 2.18. The van der Waals surface area contributed by atoms with Gasteiger partial charge in [-0.1, -0.05) is 164 Å². The second-order valence-corrected chi connectivity index (χ2v) is 14.8. The van der Waals surface area contributed by atoms with Gasteiger partial charge in [-0.05, 0) is 104 Å². The zero-order chi connectivity index (χ0) is 35.8. The summed E-state index contributed by atoms with van der Waals surface area (Å²) in [6, 6.07) is 77.1. The number of nitrogens with zero attached hydrogens (tertiary/aromatic N) is 1. The third-order valence-electron chi connectivity index (χ3n) is 10.5. The maximum absolute atomic E-state index is 2.41. The third-order valence-corrected chi connectivity index (χ3v) is 11.7. The van der Waals surface area contributed by atoms with Gasteiger partial charge in [0.25, 0.3) is 0 Å². The molecule has 254 valence electrons. The SMILES string of the molecule is c1ccc(-c2ccc(N(c3ccc(-c4ccc5ccc(-c6ccccc6-c6ccccc6)cc5c4)cc3)c3cccc4c3sc3ccccc34)cc2)cc1. The van der Waals surface area contributed by atoms with Crippen molar-refractivity contribution in [2.45, 2.75) is 0 Å². The first-order chi connectivity index (χ1) is 26.8. The Hall–Kier alpha value is -6.74. The molecule has 54 heavy (non-hydrogen) atoms. The zero-order valence-corrected chi connectivity index (χ0v) is 30.4. The smallest absolute Gasteiger partial charge is 0.0640 e. The van der Waals surface area contributed by atoms with Gasteiger partial charge in [0.2, 0.25) is 0 Å². The van der Waals surface area contributed by atoms with Crippen LogP contribution in [0.4, 0.5) is 17.1 Å². The third kappa shape index (κ3) is 5.84. The van der Waals surface area contributed by atoms with E-state index in [1.807, 2.05) is 11.3 Å². The first kappa shape index (κ1) is 32.0. The predicted octanol–water partition coefficient (Wildman–Crippen LogP) is 15.3. The van der Waals surface area contributed by atoms with Crippen molar-refractivity contribution in [1.82, 2.24) is 0 Å². The molecule has 0 bridgehead atoms. The van der Waals surface area contributed by atoms with E-state index < -0.39 is 0 Å². The molecule has 9 aromatic carbocycles. The summed E-state index contributed by atoms with van der Waals surface area (Å²) in [6.07, 6.45) is 0. The van der Waals surface area contributed by atoms with Gasteiger partial charge in [0.1, 0.15) is 0 Å². The van der Waals surface area contributed by atoms with Crippen LogP contribution in [0.15, 0.2) is 212 Å². The van der Waals surface area contributed by atoms with E-state index in [1.54, 1.807) is 0 Å². The highest BCUT2D eigenvalue weighted by atomic mass is 32.1. The lowest BCUT2D eigenvalue weighted by atomic mass is 9.92. The molecular weight excluding hydrogens is 671 g/mol. The van der Waals surface area contributed by atoms with Crippen LogP contribution in [0, 0.1) is 0 Å². The average molecular weight is 706 g/mol. The Balaban J connectivity index is 1.04. The first-order valence-corrected chi connectivity index (χ1v) is 19.2. The Morgan fingerprint density at radius 1 is 0.315 bits per heavy atom. The second-order valence-electron chi connectivity index (χ2n) is 13.7. The van der Waals surface area contributed by atoms with Gasteiger partial charge >= 0.3 is 0 Å². The van der Waals surface area contributed by atoms with Gasteiger partial charge in [-0.25, -0.2) is 0 Å². The maximum Gasteiger partial charge on any atom is 0.0640 e. The molecule has 0 unspecified atom stereocenters. The largest absolute Gasteiger partial charge is 0.309 e. The van der Waals surface area contributed by atoms with Crippen LogP contribution in [0.5, 0.6) is 0 Å². The minimum Gasteiger partial charge on any atom is -0.309 e. The summed E-state index contributed by atoms with van der Waals surface area (Å²) in [5.41, 5.74) is 13.2. The lowest BCUT2D eigenvalue weighted by molar-refractivity contribution is 1.30. The van der Waals surface area contributed by atoms with Crippen LogP contribution in [-0.2, 0) is 0 Å². The van der Waals surface area contributed by atoms with Crippen molar-refractivity contribution in [1.29, 1.82) is 0 Å². The molecule has 0 saturated carbocycles. The first-order valence-electron chi connectivity index (χ1n) is 18.4. The molecule has 0 amide bonds. The van der Waals surface area contributed by atoms with Crippen LogP contribution in [0.2, 0.25) is 0 Å². The van der Waals surface area contributed by atoms with Crippen LogP contribution in [0.3, 0.4) is 0 Å². The fourth-order valence-electron chi connectivity index (χ4n) is 7.77. The molecule has 0 aliphatic carbocycles. The molecule has 0 fully saturated rings. The fraction of sp³-hybridized carbons (Fsp3) is 0. The summed E-state index contributed by atoms with van der Waals surface area (Å²) < 4.78 is 2.59. The van der Waals surface area contributed by atoms with Gasteiger partial charge in [-0.3, -0.25) is 0 Å². The van der Waals surface area contributed by atoms with Crippen LogP contribution in [0.1, 0.15) is 0 Å². The minimum atomic E-state index is 1.12. The van der Waals surface area contributed by atoms with Crippen molar-refractivity contribution >= 4 is 59.3 Å². The molecule has 10 aromatic rings. The topological polar surface area (TPSA) is 3.24 Å². The maximum atomic E-state index is 2.41. The summed E-state index contributed by atoms with van der Waals surface area (Å²) in [5.74, 6) is 0. The van der Waals surface area contributed by atoms with Gasteiger partial charge in [-0.15, -0.1) is 11.3 Å². The van der Waals surface area contributed by atoms with Crippen molar-refractivity contribution in [3.05, 3.63) is 212 Å². The van der Waals surface area contributed by atoms with E-state index in [-0.39, 0.29) is 0 Å². The summed E-state index contributed by atoms with van der Waals surface area (Å²) >= 11 is 1.86. The number of anilines is 3. The van der Waals surface area contributed by atoms with E-state index in [0.29, 0.717) is 0 Å². The Morgan fingerprint density at radius 3 is 1.52 bits per heavy atom. The van der Waals surface area contributed by atoms with Crippen LogP contribution in [0.25, 0.3) is 75.5 Å². The van der Waals surface area contributed by atoms with Crippen molar-refractivity contribution in [2.24, 2.45) is 0 Å². The summed E-state index contributed by atoms with van der Waals surface area (Å²) in [5, 5.41) is 5.06. The quantitative estimate of drug-likeness (QED) is 0.160. The van der Waals surface area contributed by atoms with Crippen LogP contribution in [-0.4, -0.2) is 0 Å². The van der Waals surface area contributed by atoms with Crippen LogP contribution >= 0.6 is 11.3 Å². The average Bonchev–Trinajstić information content (AvgIpc) is 3.64. The van der Waals surface area contributed by atoms with E-state index in [9.17, 15) is 0 Å². The predicted molar refractivity (Wildman–Crippen MR) is 233 cm³/mol. The fourth-order valence-corrected chi connectivity index (χ4v) is 8.98. The molecule has 0 aliphatic rings. The number of hydrogen-bond donors (Lipinski definition) is 0. The van der Waals surface area contributed by atoms with E-state index in [2.05, 4.69) is 217 Å². The van der Waals surface area contributed by atoms with Crippen molar-refractivity contribution in [2.75, 3.05) is 4.90 Å². The molecule has 0 spiro atoms. The van der Waals surface area contributed by atoms with Gasteiger partial charge < -0.3 is 4.90 Å². The Bertz CT molecular complexity index is 2910. The summed E-state index contributed by atoms with van der Waals surface area (Å²) in [4.78, 5) is 2.41. The highest BCUT2D eigenvalue weighted by molar-refractivity contribution is 7.26. The molecule has 10 rings (SSSR count). The minimum absolute atomic E-state index is 1.12. The van der Waals surface area contributed by atoms with Gasteiger partial charge in [0, 0.05) is 26.8 Å². The lowest BCUT2D eigenvalue weighted by Crippen LogP contribution is -2.10.